The minimum Gasteiger partial charge on any atom is -0.411 e. The van der Waals surface area contributed by atoms with Crippen molar-refractivity contribution in [1.82, 2.24) is 24.5 Å². The van der Waals surface area contributed by atoms with E-state index in [1.807, 2.05) is 29.1 Å². The van der Waals surface area contributed by atoms with E-state index in [1.54, 1.807) is 0 Å². The second-order valence-electron chi connectivity index (χ2n) is 12.7. The molecular formula is C31H43N5OSSi. The molecule has 4 rings (SSSR count). The summed E-state index contributed by atoms with van der Waals surface area (Å²) in [7, 11) is -2.03. The van der Waals surface area contributed by atoms with Gasteiger partial charge in [0.25, 0.3) is 0 Å². The van der Waals surface area contributed by atoms with E-state index in [0.717, 1.165) is 39.4 Å². The van der Waals surface area contributed by atoms with Crippen LogP contribution in [0.5, 0.6) is 0 Å². The summed E-state index contributed by atoms with van der Waals surface area (Å²) in [5.74, 6) is 5.10. The highest BCUT2D eigenvalue weighted by molar-refractivity contribution is 8.13. The largest absolute Gasteiger partial charge is 0.411 e. The summed E-state index contributed by atoms with van der Waals surface area (Å²) < 4.78 is 12.0. The van der Waals surface area contributed by atoms with Crippen LogP contribution in [0.25, 0.3) is 28.0 Å². The van der Waals surface area contributed by atoms with Gasteiger partial charge in [0.15, 0.2) is 14.1 Å². The highest BCUT2D eigenvalue weighted by Crippen LogP contribution is 2.37. The lowest BCUT2D eigenvalue weighted by Gasteiger charge is -2.36. The van der Waals surface area contributed by atoms with Crippen molar-refractivity contribution in [2.45, 2.75) is 84.0 Å². The van der Waals surface area contributed by atoms with Crippen LogP contribution in [0.15, 0.2) is 60.8 Å². The Kier molecular flexibility index (Phi) is 8.33. The van der Waals surface area contributed by atoms with E-state index in [4.69, 9.17) is 19.5 Å². The molecule has 3 aromatic heterocycles. The smallest absolute Gasteiger partial charge is 0.192 e. The van der Waals surface area contributed by atoms with Crippen LogP contribution in [0.3, 0.4) is 0 Å². The van der Waals surface area contributed by atoms with Gasteiger partial charge < -0.3 is 4.43 Å². The van der Waals surface area contributed by atoms with Gasteiger partial charge in [0.05, 0.1) is 35.2 Å². The van der Waals surface area contributed by atoms with Crippen LogP contribution in [-0.4, -0.2) is 38.7 Å². The molecule has 39 heavy (non-hydrogen) atoms. The van der Waals surface area contributed by atoms with Crippen molar-refractivity contribution in [3.8, 4) is 17.1 Å². The van der Waals surface area contributed by atoms with Crippen molar-refractivity contribution in [2.24, 2.45) is 0 Å². The van der Waals surface area contributed by atoms with E-state index >= 15 is 0 Å². The number of benzene rings is 1. The van der Waals surface area contributed by atoms with Gasteiger partial charge in [-0.1, -0.05) is 71.7 Å². The fourth-order valence-electron chi connectivity index (χ4n) is 3.74. The summed E-state index contributed by atoms with van der Waals surface area (Å²) in [6.45, 7) is 20.5. The Balaban J connectivity index is 1.55. The van der Waals surface area contributed by atoms with E-state index in [-0.39, 0.29) is 26.5 Å². The van der Waals surface area contributed by atoms with Crippen molar-refractivity contribution >= 4 is 35.8 Å². The first-order chi connectivity index (χ1) is 18.1. The Morgan fingerprint density at radius 3 is 2.41 bits per heavy atom. The molecule has 0 saturated carbocycles. The van der Waals surface area contributed by atoms with Gasteiger partial charge in [0.1, 0.15) is 0 Å². The second-order valence-corrected chi connectivity index (χ2v) is 19.7. The lowest BCUT2D eigenvalue weighted by molar-refractivity contribution is 0.272. The standard InChI is InChI=1S/C31H43N5OSSi/c1-22(35-38(8)30(2,3)4)26-14-12-15-27(33-26)23-17-18-24-20-36(34-28(24)19-23)29-16-11-13-25(32-29)21-37-39(9,10)31(5,6)7/h11-20,22,35H,8,21H2,1-7,9-10H3/t22-,38+/m0/s1. The minimum atomic E-state index is -1.85. The summed E-state index contributed by atoms with van der Waals surface area (Å²) in [5, 5.41) is 6.07. The molecule has 0 saturated heterocycles. The van der Waals surface area contributed by atoms with E-state index in [1.165, 1.54) is 0 Å². The maximum Gasteiger partial charge on any atom is 0.192 e. The fraction of sp³-hybridized carbons (Fsp3) is 0.419. The summed E-state index contributed by atoms with van der Waals surface area (Å²) in [6, 6.07) is 18.6. The minimum absolute atomic E-state index is 0.0991. The SMILES string of the molecule is C=[S@@](N[C@@H](C)c1cccc(-c2ccc3cn(-c4cccc(CO[Si](C)(C)C(C)(C)C)n4)nc3c2)n1)C(C)(C)C. The van der Waals surface area contributed by atoms with Crippen LogP contribution in [0.1, 0.15) is 65.9 Å². The lowest BCUT2D eigenvalue weighted by atomic mass is 10.1. The zero-order valence-corrected chi connectivity index (χ0v) is 26.7. The highest BCUT2D eigenvalue weighted by Gasteiger charge is 2.37. The number of pyridine rings is 2. The molecule has 3 heterocycles. The maximum absolute atomic E-state index is 6.39. The predicted molar refractivity (Wildman–Crippen MR) is 170 cm³/mol. The summed E-state index contributed by atoms with van der Waals surface area (Å²) in [5.41, 5.74) is 4.79. The second kappa shape index (κ2) is 11.1. The Morgan fingerprint density at radius 2 is 1.72 bits per heavy atom. The molecule has 0 spiro atoms. The fourth-order valence-corrected chi connectivity index (χ4v) is 5.59. The first kappa shape index (κ1) is 29.3. The molecule has 0 aliphatic carbocycles. The Labute approximate surface area is 237 Å². The molecule has 0 aliphatic heterocycles. The molecule has 208 valence electrons. The average Bonchev–Trinajstić information content (AvgIpc) is 3.30. The van der Waals surface area contributed by atoms with Gasteiger partial charge in [0.2, 0.25) is 0 Å². The van der Waals surface area contributed by atoms with Gasteiger partial charge in [-0.2, -0.15) is 5.10 Å². The first-order valence-corrected chi connectivity index (χ1v) is 17.8. The topological polar surface area (TPSA) is 64.9 Å². The predicted octanol–water partition coefficient (Wildman–Crippen LogP) is 8.07. The zero-order valence-electron chi connectivity index (χ0n) is 24.9. The summed E-state index contributed by atoms with van der Waals surface area (Å²) >= 11 is 0. The molecule has 0 amide bonds. The molecule has 0 bridgehead atoms. The highest BCUT2D eigenvalue weighted by atomic mass is 32.2. The normalized spacial score (nSPS) is 14.5. The van der Waals surface area contributed by atoms with Gasteiger partial charge in [-0.05, 0) is 55.4 Å². The molecule has 2 atom stereocenters. The van der Waals surface area contributed by atoms with Crippen LogP contribution >= 0.6 is 10.7 Å². The van der Waals surface area contributed by atoms with E-state index < -0.39 is 8.32 Å². The molecule has 0 radical (unpaired) electrons. The zero-order chi connectivity index (χ0) is 28.6. The summed E-state index contributed by atoms with van der Waals surface area (Å²) in [4.78, 5) is 9.83. The van der Waals surface area contributed by atoms with Crippen molar-refractivity contribution < 1.29 is 4.43 Å². The van der Waals surface area contributed by atoms with Crippen molar-refractivity contribution in [3.63, 3.8) is 0 Å². The average molecular weight is 562 g/mol. The van der Waals surface area contributed by atoms with E-state index in [2.05, 4.69) is 109 Å². The first-order valence-electron chi connectivity index (χ1n) is 13.5. The quantitative estimate of drug-likeness (QED) is 0.174. The number of nitrogens with zero attached hydrogens (tertiary/aromatic N) is 4. The van der Waals surface area contributed by atoms with Crippen molar-refractivity contribution in [1.29, 1.82) is 0 Å². The van der Waals surface area contributed by atoms with Crippen LogP contribution in [0.2, 0.25) is 18.1 Å². The van der Waals surface area contributed by atoms with E-state index in [9.17, 15) is 0 Å². The molecular weight excluding hydrogens is 519 g/mol. The number of hydrogen-bond acceptors (Lipinski definition) is 5. The number of rotatable bonds is 8. The third-order valence-corrected chi connectivity index (χ3v) is 14.1. The molecule has 0 unspecified atom stereocenters. The number of hydrogen-bond donors (Lipinski definition) is 1. The molecule has 0 aliphatic rings. The monoisotopic (exact) mass is 561 g/mol. The van der Waals surface area contributed by atoms with Gasteiger partial charge >= 0.3 is 0 Å². The van der Waals surface area contributed by atoms with Crippen LogP contribution < -0.4 is 4.72 Å². The molecule has 1 aromatic carbocycles. The van der Waals surface area contributed by atoms with Gasteiger partial charge in [-0.3, -0.25) is 9.71 Å². The number of nitrogens with one attached hydrogen (secondary N) is 1. The van der Waals surface area contributed by atoms with Crippen LogP contribution in [0, 0.1) is 0 Å². The Morgan fingerprint density at radius 1 is 1.00 bits per heavy atom. The van der Waals surface area contributed by atoms with Gasteiger partial charge in [-0.15, -0.1) is 10.7 Å². The third kappa shape index (κ3) is 6.92. The molecule has 8 heteroatoms. The maximum atomic E-state index is 6.39. The Bertz CT molecular complexity index is 1480. The van der Waals surface area contributed by atoms with Crippen molar-refractivity contribution in [3.05, 3.63) is 72.2 Å². The third-order valence-electron chi connectivity index (χ3n) is 7.49. The van der Waals surface area contributed by atoms with Crippen LogP contribution in [0.4, 0.5) is 0 Å². The Hall–Kier alpha value is -2.65. The van der Waals surface area contributed by atoms with Gasteiger partial charge in [0, 0.05) is 21.9 Å². The lowest BCUT2D eigenvalue weighted by Crippen LogP contribution is -2.40. The molecule has 6 nitrogen and oxygen atoms in total. The molecule has 1 N–H and O–H groups in total. The number of fused-ring (bicyclic) bond motifs is 1. The van der Waals surface area contributed by atoms with Gasteiger partial charge in [-0.25, -0.2) is 9.67 Å². The van der Waals surface area contributed by atoms with Crippen LogP contribution in [-0.2, 0) is 11.0 Å². The summed E-state index contributed by atoms with van der Waals surface area (Å²) in [6.07, 6.45) is 2.03. The number of aromatic nitrogens is 4. The molecule has 4 aromatic rings. The van der Waals surface area contributed by atoms with Crippen molar-refractivity contribution in [2.75, 3.05) is 0 Å². The van der Waals surface area contributed by atoms with E-state index in [0.29, 0.717) is 6.61 Å². The molecule has 0 fully saturated rings.